The molecule has 1 saturated heterocycles. The molecule has 0 aromatic carbocycles. The number of aryl methyl sites for hydroxylation is 1. The standard InChI is InChI=1S/C17H29N3O2/c1-6-13(7-2)20-12(3)11-14(18-20)16(21)19-10-8-9-15(19)17(4,5)22/h11,13,15,22H,6-10H2,1-5H3. The van der Waals surface area contributed by atoms with Gasteiger partial charge in [0.1, 0.15) is 0 Å². The van der Waals surface area contributed by atoms with E-state index in [4.69, 9.17) is 0 Å². The molecule has 1 amide bonds. The third-order valence-electron chi connectivity index (χ3n) is 4.76. The van der Waals surface area contributed by atoms with Crippen LogP contribution >= 0.6 is 0 Å². The fourth-order valence-electron chi connectivity index (χ4n) is 3.49. The Morgan fingerprint density at radius 1 is 1.45 bits per heavy atom. The second kappa shape index (κ2) is 6.41. The van der Waals surface area contributed by atoms with Crippen molar-refractivity contribution in [3.8, 4) is 0 Å². The van der Waals surface area contributed by atoms with Crippen LogP contribution in [0.25, 0.3) is 0 Å². The van der Waals surface area contributed by atoms with Crippen molar-refractivity contribution in [3.05, 3.63) is 17.5 Å². The Morgan fingerprint density at radius 3 is 2.64 bits per heavy atom. The number of carbonyl (C=O) groups is 1. The molecule has 1 unspecified atom stereocenters. The number of hydrogen-bond donors (Lipinski definition) is 1. The monoisotopic (exact) mass is 307 g/mol. The van der Waals surface area contributed by atoms with Crippen molar-refractivity contribution < 1.29 is 9.90 Å². The van der Waals surface area contributed by atoms with Gasteiger partial charge in [-0.15, -0.1) is 0 Å². The second-order valence-electron chi connectivity index (χ2n) is 6.90. The molecule has 1 aliphatic rings. The van der Waals surface area contributed by atoms with Crippen molar-refractivity contribution in [2.75, 3.05) is 6.54 Å². The Balaban J connectivity index is 2.25. The number of likely N-dealkylation sites (tertiary alicyclic amines) is 1. The van der Waals surface area contributed by atoms with Gasteiger partial charge in [-0.1, -0.05) is 13.8 Å². The van der Waals surface area contributed by atoms with Crippen molar-refractivity contribution in [1.82, 2.24) is 14.7 Å². The van der Waals surface area contributed by atoms with Gasteiger partial charge in [-0.3, -0.25) is 9.48 Å². The molecule has 1 aromatic heterocycles. The summed E-state index contributed by atoms with van der Waals surface area (Å²) in [6.07, 6.45) is 3.79. The molecule has 1 atom stereocenters. The lowest BCUT2D eigenvalue weighted by atomic mass is 9.96. The molecule has 5 nitrogen and oxygen atoms in total. The van der Waals surface area contributed by atoms with Crippen LogP contribution in [0, 0.1) is 6.92 Å². The largest absolute Gasteiger partial charge is 0.388 e. The van der Waals surface area contributed by atoms with Gasteiger partial charge in [-0.05, 0) is 52.5 Å². The summed E-state index contributed by atoms with van der Waals surface area (Å²) < 4.78 is 1.97. The number of amides is 1. The Bertz CT molecular complexity index is 526. The number of nitrogens with zero attached hydrogens (tertiary/aromatic N) is 3. The Morgan fingerprint density at radius 2 is 2.09 bits per heavy atom. The molecular formula is C17H29N3O2. The van der Waals surface area contributed by atoms with E-state index in [1.807, 2.05) is 17.7 Å². The van der Waals surface area contributed by atoms with Crippen LogP contribution in [0.1, 0.15) is 75.6 Å². The topological polar surface area (TPSA) is 58.4 Å². The number of aromatic nitrogens is 2. The fourth-order valence-corrected chi connectivity index (χ4v) is 3.49. The van der Waals surface area contributed by atoms with Gasteiger partial charge in [0, 0.05) is 12.2 Å². The first-order valence-corrected chi connectivity index (χ1v) is 8.39. The van der Waals surface area contributed by atoms with E-state index < -0.39 is 5.60 Å². The third kappa shape index (κ3) is 3.19. The second-order valence-corrected chi connectivity index (χ2v) is 6.90. The first kappa shape index (κ1) is 17.0. The highest BCUT2D eigenvalue weighted by Crippen LogP contribution is 2.28. The third-order valence-corrected chi connectivity index (χ3v) is 4.76. The van der Waals surface area contributed by atoms with Crippen molar-refractivity contribution in [2.45, 2.75) is 78.0 Å². The van der Waals surface area contributed by atoms with Gasteiger partial charge in [0.05, 0.1) is 17.7 Å². The maximum absolute atomic E-state index is 12.8. The molecule has 5 heteroatoms. The summed E-state index contributed by atoms with van der Waals surface area (Å²) >= 11 is 0. The lowest BCUT2D eigenvalue weighted by molar-refractivity contribution is 0.0000780. The van der Waals surface area contributed by atoms with Crippen LogP contribution in [0.5, 0.6) is 0 Å². The Kier molecular flexibility index (Phi) is 4.95. The summed E-state index contributed by atoms with van der Waals surface area (Å²) in [5.41, 5.74) is 0.649. The highest BCUT2D eigenvalue weighted by molar-refractivity contribution is 5.93. The van der Waals surface area contributed by atoms with Crippen molar-refractivity contribution in [3.63, 3.8) is 0 Å². The maximum atomic E-state index is 12.8. The molecule has 0 radical (unpaired) electrons. The molecule has 0 aliphatic carbocycles. The number of aliphatic hydroxyl groups is 1. The molecule has 1 aliphatic heterocycles. The first-order valence-electron chi connectivity index (χ1n) is 8.39. The van der Waals surface area contributed by atoms with Gasteiger partial charge in [0.15, 0.2) is 5.69 Å². The van der Waals surface area contributed by atoms with Crippen LogP contribution < -0.4 is 0 Å². The zero-order valence-corrected chi connectivity index (χ0v) is 14.5. The van der Waals surface area contributed by atoms with Gasteiger partial charge < -0.3 is 10.0 Å². The SMILES string of the molecule is CCC(CC)n1nc(C(=O)N2CCCC2C(C)(C)O)cc1C. The van der Waals surface area contributed by atoms with Crippen LogP contribution in [0.4, 0.5) is 0 Å². The number of carbonyl (C=O) groups excluding carboxylic acids is 1. The van der Waals surface area contributed by atoms with E-state index in [1.165, 1.54) is 0 Å². The van der Waals surface area contributed by atoms with E-state index in [9.17, 15) is 9.90 Å². The zero-order valence-electron chi connectivity index (χ0n) is 14.5. The summed E-state index contributed by atoms with van der Waals surface area (Å²) in [7, 11) is 0. The van der Waals surface area contributed by atoms with Crippen LogP contribution in [-0.2, 0) is 0 Å². The minimum Gasteiger partial charge on any atom is -0.388 e. The zero-order chi connectivity index (χ0) is 16.5. The van der Waals surface area contributed by atoms with E-state index in [-0.39, 0.29) is 11.9 Å². The molecule has 2 heterocycles. The average molecular weight is 307 g/mol. The van der Waals surface area contributed by atoms with Crippen molar-refractivity contribution in [2.24, 2.45) is 0 Å². The van der Waals surface area contributed by atoms with Crippen LogP contribution in [-0.4, -0.2) is 43.9 Å². The maximum Gasteiger partial charge on any atom is 0.274 e. The molecule has 1 N–H and O–H groups in total. The van der Waals surface area contributed by atoms with Gasteiger partial charge in [-0.25, -0.2) is 0 Å². The summed E-state index contributed by atoms with van der Waals surface area (Å²) in [6, 6.07) is 2.09. The first-order chi connectivity index (χ1) is 10.3. The number of rotatable bonds is 5. The summed E-state index contributed by atoms with van der Waals surface area (Å²) in [5.74, 6) is -0.0579. The van der Waals surface area contributed by atoms with Crippen molar-refractivity contribution >= 4 is 5.91 Å². The normalized spacial score (nSPS) is 19.2. The van der Waals surface area contributed by atoms with Gasteiger partial charge in [-0.2, -0.15) is 5.10 Å². The predicted octanol–water partition coefficient (Wildman–Crippen LogP) is 2.93. The van der Waals surface area contributed by atoms with E-state index >= 15 is 0 Å². The molecular weight excluding hydrogens is 278 g/mol. The Hall–Kier alpha value is -1.36. The molecule has 0 bridgehead atoms. The van der Waals surface area contributed by atoms with E-state index in [2.05, 4.69) is 18.9 Å². The quantitative estimate of drug-likeness (QED) is 0.910. The van der Waals surface area contributed by atoms with E-state index in [0.717, 1.165) is 31.4 Å². The number of hydrogen-bond acceptors (Lipinski definition) is 3. The summed E-state index contributed by atoms with van der Waals surface area (Å²) in [5, 5.41) is 14.8. The molecule has 1 aromatic rings. The van der Waals surface area contributed by atoms with Gasteiger partial charge in [0.25, 0.3) is 5.91 Å². The van der Waals surface area contributed by atoms with Crippen LogP contribution in [0.2, 0.25) is 0 Å². The minimum atomic E-state index is -0.876. The van der Waals surface area contributed by atoms with Crippen LogP contribution in [0.3, 0.4) is 0 Å². The molecule has 2 rings (SSSR count). The summed E-state index contributed by atoms with van der Waals surface area (Å²) in [4.78, 5) is 14.6. The molecule has 22 heavy (non-hydrogen) atoms. The van der Waals surface area contributed by atoms with E-state index in [0.29, 0.717) is 18.3 Å². The van der Waals surface area contributed by atoms with Gasteiger partial charge >= 0.3 is 0 Å². The lowest BCUT2D eigenvalue weighted by Crippen LogP contribution is -2.48. The molecule has 124 valence electrons. The highest BCUT2D eigenvalue weighted by Gasteiger charge is 2.39. The smallest absolute Gasteiger partial charge is 0.274 e. The molecule has 0 spiro atoms. The average Bonchev–Trinajstić information content (AvgIpc) is 3.06. The van der Waals surface area contributed by atoms with Gasteiger partial charge in [0.2, 0.25) is 0 Å². The summed E-state index contributed by atoms with van der Waals surface area (Å²) in [6.45, 7) is 10.5. The fraction of sp³-hybridized carbons (Fsp3) is 0.765. The highest BCUT2D eigenvalue weighted by atomic mass is 16.3. The van der Waals surface area contributed by atoms with Crippen LogP contribution in [0.15, 0.2) is 6.07 Å². The Labute approximate surface area is 133 Å². The van der Waals surface area contributed by atoms with E-state index in [1.54, 1.807) is 18.7 Å². The predicted molar refractivity (Wildman–Crippen MR) is 86.9 cm³/mol. The molecule has 1 fully saturated rings. The molecule has 0 saturated carbocycles. The minimum absolute atomic E-state index is 0.0579. The lowest BCUT2D eigenvalue weighted by Gasteiger charge is -2.33. The van der Waals surface area contributed by atoms with Crippen molar-refractivity contribution in [1.29, 1.82) is 0 Å².